The van der Waals surface area contributed by atoms with Gasteiger partial charge in [0.2, 0.25) is 6.29 Å². The second-order valence-electron chi connectivity index (χ2n) is 7.72. The number of aliphatic hydroxyl groups excluding tert-OH is 4. The molecule has 2 aliphatic rings. The molecule has 1 fully saturated rings. The molecule has 33 heavy (non-hydrogen) atoms. The van der Waals surface area contributed by atoms with E-state index in [9.17, 15) is 30.0 Å². The molecule has 2 heterocycles. The van der Waals surface area contributed by atoms with Gasteiger partial charge in [0.1, 0.15) is 24.4 Å². The molecule has 11 heteroatoms. The Kier molecular flexibility index (Phi) is 10.0. The van der Waals surface area contributed by atoms with Gasteiger partial charge in [0.25, 0.3) is 0 Å². The molecule has 8 atom stereocenters. The summed E-state index contributed by atoms with van der Waals surface area (Å²) in [7, 11) is 1.22. The zero-order chi connectivity index (χ0) is 24.7. The lowest BCUT2D eigenvalue weighted by molar-refractivity contribution is -0.339. The summed E-state index contributed by atoms with van der Waals surface area (Å²) in [4.78, 5) is 24.2. The maximum atomic E-state index is 12.3. The Morgan fingerprint density at radius 2 is 1.88 bits per heavy atom. The fraction of sp³-hybridized carbons (Fsp3) is 0.636. The highest BCUT2D eigenvalue weighted by molar-refractivity contribution is 5.89. The summed E-state index contributed by atoms with van der Waals surface area (Å²) in [6.07, 6.45) is -4.06. The maximum absolute atomic E-state index is 12.3. The Morgan fingerprint density at radius 1 is 1.18 bits per heavy atom. The van der Waals surface area contributed by atoms with Crippen LogP contribution >= 0.6 is 0 Å². The van der Waals surface area contributed by atoms with Crippen molar-refractivity contribution in [2.45, 2.75) is 57.3 Å². The molecule has 0 aromatic heterocycles. The Balaban J connectivity index is 2.19. The number of hydrogen-bond acceptors (Lipinski definition) is 11. The van der Waals surface area contributed by atoms with E-state index in [1.165, 1.54) is 13.2 Å². The van der Waals surface area contributed by atoms with Crippen molar-refractivity contribution in [3.63, 3.8) is 0 Å². The topological polar surface area (TPSA) is 161 Å². The first-order chi connectivity index (χ1) is 15.7. The van der Waals surface area contributed by atoms with E-state index >= 15 is 0 Å². The van der Waals surface area contributed by atoms with E-state index in [-0.39, 0.29) is 18.6 Å². The summed E-state index contributed by atoms with van der Waals surface area (Å²) in [5.74, 6) is -2.39. The van der Waals surface area contributed by atoms with E-state index in [1.807, 2.05) is 0 Å². The molecule has 2 rings (SSSR count). The van der Waals surface area contributed by atoms with Crippen LogP contribution in [0.25, 0.3) is 0 Å². The molecule has 0 bridgehead atoms. The zero-order valence-corrected chi connectivity index (χ0v) is 18.8. The molecule has 4 N–H and O–H groups in total. The highest BCUT2D eigenvalue weighted by atomic mass is 16.8. The number of allylic oxidation sites excluding steroid dienone is 1. The van der Waals surface area contributed by atoms with Crippen LogP contribution in [-0.4, -0.2) is 89.7 Å². The minimum atomic E-state index is -1.63. The smallest absolute Gasteiger partial charge is 0.337 e. The first kappa shape index (κ1) is 27.0. The van der Waals surface area contributed by atoms with Gasteiger partial charge in [-0.25, -0.2) is 9.59 Å². The number of carbonyl (C=O) groups is 2. The van der Waals surface area contributed by atoms with Gasteiger partial charge in [0, 0.05) is 17.4 Å². The first-order valence-corrected chi connectivity index (χ1v) is 10.5. The highest BCUT2D eigenvalue weighted by Crippen LogP contribution is 2.37. The molecule has 0 unspecified atom stereocenters. The normalized spacial score (nSPS) is 34.6. The Hall–Kier alpha value is -2.28. The van der Waals surface area contributed by atoms with Crippen LogP contribution < -0.4 is 0 Å². The van der Waals surface area contributed by atoms with E-state index in [0.717, 1.165) is 6.26 Å². The molecule has 0 aromatic carbocycles. The minimum Gasteiger partial charge on any atom is -0.471 e. The van der Waals surface area contributed by atoms with Crippen LogP contribution in [0.5, 0.6) is 0 Å². The lowest BCUT2D eigenvalue weighted by Crippen LogP contribution is -2.60. The lowest BCUT2D eigenvalue weighted by Gasteiger charge is -2.43. The molecule has 11 nitrogen and oxygen atoms in total. The number of rotatable bonds is 9. The van der Waals surface area contributed by atoms with Gasteiger partial charge in [-0.1, -0.05) is 12.2 Å². The molecule has 0 aromatic rings. The van der Waals surface area contributed by atoms with Gasteiger partial charge in [-0.15, -0.1) is 6.58 Å². The third kappa shape index (κ3) is 6.19. The SMILES string of the molecule is C=C[C@H]1[C@H](O[C@@H]2O[C@H](CO)[C@@H](O)[C@H](O)[C@H]2O)OC=C(C(=O)OC)[C@H]1CCOC(=O)/C(C)=C/C. The van der Waals surface area contributed by atoms with Crippen LogP contribution in [0.3, 0.4) is 0 Å². The van der Waals surface area contributed by atoms with Gasteiger partial charge < -0.3 is 44.1 Å². The molecular weight excluding hydrogens is 440 g/mol. The Bertz CT molecular complexity index is 759. The van der Waals surface area contributed by atoms with Crippen LogP contribution in [0.1, 0.15) is 20.3 Å². The van der Waals surface area contributed by atoms with Crippen molar-refractivity contribution < 1.29 is 53.7 Å². The molecule has 0 radical (unpaired) electrons. The highest BCUT2D eigenvalue weighted by Gasteiger charge is 2.47. The number of carbonyl (C=O) groups excluding carboxylic acids is 2. The predicted octanol–water partition coefficient (Wildman–Crippen LogP) is -0.466. The van der Waals surface area contributed by atoms with Crippen molar-refractivity contribution in [2.24, 2.45) is 11.8 Å². The molecule has 0 spiro atoms. The summed E-state index contributed by atoms with van der Waals surface area (Å²) in [6, 6.07) is 0. The molecule has 0 saturated carbocycles. The molecule has 2 aliphatic heterocycles. The summed E-state index contributed by atoms with van der Waals surface area (Å²) in [6.45, 7) is 6.47. The average Bonchev–Trinajstić information content (AvgIpc) is 2.83. The summed E-state index contributed by atoms with van der Waals surface area (Å²) in [5, 5.41) is 39.6. The van der Waals surface area contributed by atoms with Crippen molar-refractivity contribution in [2.75, 3.05) is 20.3 Å². The quantitative estimate of drug-likeness (QED) is 0.195. The summed E-state index contributed by atoms with van der Waals surface area (Å²) >= 11 is 0. The standard InChI is InChI=1S/C22H32O11/c1-5-11(3)19(27)30-8-7-13-12(6-2)21(31-10-14(13)20(28)29-4)33-22-18(26)17(25)16(24)15(9-23)32-22/h5-6,10,12-13,15-18,21-26H,2,7-9H2,1,3-4H3/b11-5+/t12-,13+,15-,16-,17+,18-,21+,22+/m1/s1. The third-order valence-electron chi connectivity index (χ3n) is 5.73. The van der Waals surface area contributed by atoms with Crippen molar-refractivity contribution in [1.29, 1.82) is 0 Å². The largest absolute Gasteiger partial charge is 0.471 e. The average molecular weight is 472 g/mol. The summed E-state index contributed by atoms with van der Waals surface area (Å²) in [5.41, 5.74) is 0.615. The van der Waals surface area contributed by atoms with Crippen molar-refractivity contribution in [1.82, 2.24) is 0 Å². The van der Waals surface area contributed by atoms with E-state index < -0.39 is 67.4 Å². The molecule has 0 aliphatic carbocycles. The Labute approximate surface area is 191 Å². The number of ether oxygens (including phenoxy) is 5. The molecular formula is C22H32O11. The van der Waals surface area contributed by atoms with E-state index in [2.05, 4.69) is 6.58 Å². The predicted molar refractivity (Wildman–Crippen MR) is 112 cm³/mol. The summed E-state index contributed by atoms with van der Waals surface area (Å²) < 4.78 is 26.7. The van der Waals surface area contributed by atoms with Crippen LogP contribution in [-0.2, 0) is 33.3 Å². The van der Waals surface area contributed by atoms with Gasteiger partial charge in [-0.3, -0.25) is 0 Å². The third-order valence-corrected chi connectivity index (χ3v) is 5.73. The van der Waals surface area contributed by atoms with Gasteiger partial charge in [0.15, 0.2) is 6.29 Å². The molecule has 186 valence electrons. The molecule has 1 saturated heterocycles. The number of aliphatic hydroxyl groups is 4. The first-order valence-electron chi connectivity index (χ1n) is 10.5. The maximum Gasteiger partial charge on any atom is 0.337 e. The van der Waals surface area contributed by atoms with E-state index in [0.29, 0.717) is 5.57 Å². The van der Waals surface area contributed by atoms with Crippen LogP contribution in [0.15, 0.2) is 36.1 Å². The number of esters is 2. The van der Waals surface area contributed by atoms with E-state index in [1.54, 1.807) is 19.9 Å². The monoisotopic (exact) mass is 472 g/mol. The van der Waals surface area contributed by atoms with Crippen molar-refractivity contribution in [3.8, 4) is 0 Å². The fourth-order valence-corrected chi connectivity index (χ4v) is 3.60. The van der Waals surface area contributed by atoms with Gasteiger partial charge in [-0.2, -0.15) is 0 Å². The second-order valence-corrected chi connectivity index (χ2v) is 7.72. The van der Waals surface area contributed by atoms with Crippen LogP contribution in [0, 0.1) is 11.8 Å². The Morgan fingerprint density at radius 3 is 2.45 bits per heavy atom. The fourth-order valence-electron chi connectivity index (χ4n) is 3.60. The van der Waals surface area contributed by atoms with Crippen molar-refractivity contribution >= 4 is 11.9 Å². The van der Waals surface area contributed by atoms with Crippen molar-refractivity contribution in [3.05, 3.63) is 36.1 Å². The van der Waals surface area contributed by atoms with Gasteiger partial charge in [0.05, 0.1) is 32.2 Å². The second kappa shape index (κ2) is 12.3. The van der Waals surface area contributed by atoms with E-state index in [4.69, 9.17) is 23.7 Å². The van der Waals surface area contributed by atoms with Crippen LogP contribution in [0.2, 0.25) is 0 Å². The zero-order valence-electron chi connectivity index (χ0n) is 18.8. The molecule has 0 amide bonds. The van der Waals surface area contributed by atoms with Gasteiger partial charge >= 0.3 is 11.9 Å². The lowest BCUT2D eigenvalue weighted by atomic mass is 9.82. The minimum absolute atomic E-state index is 0.0138. The van der Waals surface area contributed by atoms with Gasteiger partial charge in [-0.05, 0) is 20.3 Å². The van der Waals surface area contributed by atoms with Crippen LogP contribution in [0.4, 0.5) is 0 Å². The number of hydrogen-bond donors (Lipinski definition) is 4. The number of methoxy groups -OCH3 is 1.